The quantitative estimate of drug-likeness (QED) is 0.285. The number of alkyl halides is 1. The molecular weight excluding hydrogens is 597 g/mol. The van der Waals surface area contributed by atoms with Crippen molar-refractivity contribution >= 4 is 37.8 Å². The van der Waals surface area contributed by atoms with Crippen molar-refractivity contribution in [1.29, 1.82) is 0 Å². The fourth-order valence-corrected chi connectivity index (χ4v) is 6.75. The number of sulfone groups is 1. The molecule has 0 bridgehead atoms. The molecule has 2 atom stereocenters. The van der Waals surface area contributed by atoms with Crippen LogP contribution in [0.3, 0.4) is 0 Å². The summed E-state index contributed by atoms with van der Waals surface area (Å²) >= 11 is 0. The smallest absolute Gasteiger partial charge is 0.254 e. The van der Waals surface area contributed by atoms with Crippen molar-refractivity contribution in [2.24, 2.45) is 18.7 Å². The number of rotatable bonds is 7. The summed E-state index contributed by atoms with van der Waals surface area (Å²) in [5.74, 6) is 1.40. The number of imidazole rings is 1. The van der Waals surface area contributed by atoms with Crippen molar-refractivity contribution in [3.8, 4) is 28.7 Å². The number of fused-ring (bicyclic) bond motifs is 2. The van der Waals surface area contributed by atoms with Gasteiger partial charge >= 0.3 is 0 Å². The van der Waals surface area contributed by atoms with Gasteiger partial charge in [-0.15, -0.1) is 0 Å². The lowest BCUT2D eigenvalue weighted by Crippen LogP contribution is -2.50. The number of benzene rings is 1. The van der Waals surface area contributed by atoms with Gasteiger partial charge in [0.2, 0.25) is 0 Å². The fraction of sp³-hybridized carbons (Fsp3) is 0.375. The Morgan fingerprint density at radius 2 is 1.87 bits per heavy atom. The van der Waals surface area contributed by atoms with Crippen LogP contribution in [-0.2, 0) is 23.4 Å². The maximum Gasteiger partial charge on any atom is 0.254 e. The Morgan fingerprint density at radius 3 is 2.53 bits per heavy atom. The monoisotopic (exact) mass is 631 g/mol. The second kappa shape index (κ2) is 10.9. The van der Waals surface area contributed by atoms with Crippen molar-refractivity contribution in [2.45, 2.75) is 42.9 Å². The van der Waals surface area contributed by atoms with Crippen LogP contribution in [0, 0.1) is 5.92 Å². The number of methoxy groups -OCH3 is 1. The van der Waals surface area contributed by atoms with Gasteiger partial charge in [-0.3, -0.25) is 9.78 Å². The zero-order valence-electron chi connectivity index (χ0n) is 25.3. The maximum atomic E-state index is 14.3. The van der Waals surface area contributed by atoms with Gasteiger partial charge in [-0.25, -0.2) is 22.8 Å². The molecule has 0 spiro atoms. The van der Waals surface area contributed by atoms with Gasteiger partial charge in [-0.05, 0) is 67.6 Å². The van der Waals surface area contributed by atoms with E-state index in [0.717, 1.165) is 47.9 Å². The van der Waals surface area contributed by atoms with Gasteiger partial charge in [-0.2, -0.15) is 0 Å². The number of hydrogen-bond acceptors (Lipinski definition) is 8. The molecule has 1 saturated carbocycles. The molecule has 45 heavy (non-hydrogen) atoms. The zero-order chi connectivity index (χ0) is 31.6. The molecule has 4 aromatic heterocycles. The van der Waals surface area contributed by atoms with Crippen LogP contribution in [0.25, 0.3) is 45.0 Å². The third-order valence-electron chi connectivity index (χ3n) is 8.66. The number of carbonyl (C=O) groups excluding carboxylic acids is 1. The number of aryl methyl sites for hydroxylation is 1. The summed E-state index contributed by atoms with van der Waals surface area (Å²) in [4.78, 5) is 29.4. The molecule has 1 aliphatic carbocycles. The minimum atomic E-state index is -3.36. The van der Waals surface area contributed by atoms with Crippen LogP contribution in [0.1, 0.15) is 29.6 Å². The number of halogens is 1. The predicted octanol–water partition coefficient (Wildman–Crippen LogP) is 3.99. The average molecular weight is 632 g/mol. The number of carbonyl (C=O) groups is 1. The lowest BCUT2D eigenvalue weighted by atomic mass is 10.0. The second-order valence-electron chi connectivity index (χ2n) is 12.2. The summed E-state index contributed by atoms with van der Waals surface area (Å²) < 4.78 is 48.0. The molecule has 234 valence electrons. The van der Waals surface area contributed by atoms with Gasteiger partial charge in [0.15, 0.2) is 15.7 Å². The molecule has 11 nitrogen and oxygen atoms in total. The van der Waals surface area contributed by atoms with E-state index in [1.807, 2.05) is 23.7 Å². The largest absolute Gasteiger partial charge is 0.494 e. The van der Waals surface area contributed by atoms with Gasteiger partial charge in [-0.1, -0.05) is 0 Å². The molecule has 7 rings (SSSR count). The highest BCUT2D eigenvalue weighted by molar-refractivity contribution is 7.90. The van der Waals surface area contributed by atoms with Gasteiger partial charge < -0.3 is 24.5 Å². The molecular formula is C32H34FN7O4S. The Balaban J connectivity index is 1.32. The molecule has 1 aromatic carbocycles. The fourth-order valence-electron chi connectivity index (χ4n) is 6.19. The van der Waals surface area contributed by atoms with Crippen LogP contribution in [0.4, 0.5) is 4.39 Å². The maximum absolute atomic E-state index is 14.3. The summed E-state index contributed by atoms with van der Waals surface area (Å²) in [6.45, 7) is 1.06. The second-order valence-corrected chi connectivity index (χ2v) is 14.2. The minimum absolute atomic E-state index is 0.00792. The van der Waals surface area contributed by atoms with Gasteiger partial charge in [0, 0.05) is 49.6 Å². The molecule has 1 saturated heterocycles. The van der Waals surface area contributed by atoms with E-state index in [2.05, 4.69) is 15.6 Å². The van der Waals surface area contributed by atoms with Gasteiger partial charge in [0.25, 0.3) is 5.91 Å². The minimum Gasteiger partial charge on any atom is -0.494 e. The van der Waals surface area contributed by atoms with E-state index in [4.69, 9.17) is 20.4 Å². The number of hydrogen-bond donors (Lipinski definition) is 1. The molecule has 13 heteroatoms. The highest BCUT2D eigenvalue weighted by atomic mass is 32.2. The van der Waals surface area contributed by atoms with Crippen molar-refractivity contribution in [2.75, 3.05) is 26.5 Å². The summed E-state index contributed by atoms with van der Waals surface area (Å²) in [5.41, 5.74) is 10.5. The van der Waals surface area contributed by atoms with Crippen LogP contribution in [0.15, 0.2) is 53.6 Å². The normalized spacial score (nSPS) is 19.0. The molecule has 0 unspecified atom stereocenters. The Hall–Kier alpha value is -4.36. The number of nitrogens with two attached hydrogens (primary N) is 1. The topological polar surface area (TPSA) is 138 Å². The highest BCUT2D eigenvalue weighted by Crippen LogP contribution is 2.38. The number of nitrogens with zero attached hydrogens (tertiary/aromatic N) is 6. The molecule has 5 heterocycles. The van der Waals surface area contributed by atoms with Crippen molar-refractivity contribution in [3.63, 3.8) is 0 Å². The number of likely N-dealkylation sites (tertiary alicyclic amines) is 1. The highest BCUT2D eigenvalue weighted by Gasteiger charge is 2.30. The van der Waals surface area contributed by atoms with E-state index in [1.165, 1.54) is 11.1 Å². The average Bonchev–Trinajstić information content (AvgIpc) is 3.68. The predicted molar refractivity (Wildman–Crippen MR) is 168 cm³/mol. The molecule has 2 N–H and O–H groups in total. The molecule has 0 radical (unpaired) electrons. The van der Waals surface area contributed by atoms with Crippen LogP contribution in [0.5, 0.6) is 5.75 Å². The lowest BCUT2D eigenvalue weighted by molar-refractivity contribution is 0.0606. The number of pyridine rings is 2. The number of ether oxygens (including phenoxy) is 1. The Bertz CT molecular complexity index is 2060. The van der Waals surface area contributed by atoms with E-state index in [1.54, 1.807) is 31.4 Å². The van der Waals surface area contributed by atoms with E-state index in [0.29, 0.717) is 46.5 Å². The standard InChI is InChI=1S/C32H34FN7O4S/c1-38-29-26(10-20(12-28(29)44-2)32(41)39-16-21(33)13-22(34)17-39)37-31(38)27-11-19-6-8-25(36-30(19)40(27)15-18-4-5-18)24-9-7-23(14-35-24)45(3,42)43/h6-12,14,18,21-22H,4-5,13,15-17,34H2,1-3H3/t21-,22-/m1/s1. The summed E-state index contributed by atoms with van der Waals surface area (Å²) in [6.07, 6.45) is 3.86. The third kappa shape index (κ3) is 5.44. The third-order valence-corrected chi connectivity index (χ3v) is 9.76. The van der Waals surface area contributed by atoms with Crippen LogP contribution in [-0.4, -0.2) is 82.0 Å². The first-order valence-corrected chi connectivity index (χ1v) is 16.8. The van der Waals surface area contributed by atoms with Gasteiger partial charge in [0.05, 0.1) is 41.1 Å². The lowest BCUT2D eigenvalue weighted by Gasteiger charge is -2.33. The van der Waals surface area contributed by atoms with Crippen LogP contribution >= 0.6 is 0 Å². The molecule has 2 aliphatic rings. The molecule has 1 amide bonds. The summed E-state index contributed by atoms with van der Waals surface area (Å²) in [6, 6.07) is 12.1. The Morgan fingerprint density at radius 1 is 1.09 bits per heavy atom. The number of amides is 1. The number of aromatic nitrogens is 5. The van der Waals surface area contributed by atoms with Crippen LogP contribution < -0.4 is 10.5 Å². The molecule has 1 aliphatic heterocycles. The summed E-state index contributed by atoms with van der Waals surface area (Å²) in [7, 11) is 0.104. The van der Waals surface area contributed by atoms with Crippen molar-refractivity contribution in [1.82, 2.24) is 29.0 Å². The SMILES string of the molecule is COc1cc(C(=O)N2C[C@H](N)C[C@@H](F)C2)cc2nc(-c3cc4ccc(-c5ccc(S(C)(=O)=O)cn5)nc4n3CC3CC3)n(C)c12. The zero-order valence-corrected chi connectivity index (χ0v) is 26.1. The van der Waals surface area contributed by atoms with E-state index in [-0.39, 0.29) is 23.8 Å². The Labute approximate surface area is 259 Å². The molecule has 2 fully saturated rings. The Kier molecular flexibility index (Phi) is 7.12. The first-order valence-electron chi connectivity index (χ1n) is 14.9. The van der Waals surface area contributed by atoms with E-state index < -0.39 is 22.1 Å². The number of piperidine rings is 1. The van der Waals surface area contributed by atoms with Crippen molar-refractivity contribution < 1.29 is 22.3 Å². The van der Waals surface area contributed by atoms with E-state index in [9.17, 15) is 17.6 Å². The van der Waals surface area contributed by atoms with Crippen molar-refractivity contribution in [3.05, 3.63) is 54.2 Å². The van der Waals surface area contributed by atoms with Crippen LogP contribution in [0.2, 0.25) is 0 Å². The van der Waals surface area contributed by atoms with E-state index >= 15 is 0 Å². The van der Waals surface area contributed by atoms with Gasteiger partial charge in [0.1, 0.15) is 23.1 Å². The first-order chi connectivity index (χ1) is 21.5. The summed E-state index contributed by atoms with van der Waals surface area (Å²) in [5, 5.41) is 0.930. The first kappa shape index (κ1) is 29.4. The molecule has 5 aromatic rings.